The standard InChI is InChI=1S/C14H20Cl3N3O3S/c1-3-18-14(20-5-7-24(2,21)22)19-4-6-23-13-11(16)8-10(15)9-12(13)17/h8-9H,3-7H2,1-2H3,(H2,18,19,20). The molecule has 1 aromatic carbocycles. The number of halogens is 3. The van der Waals surface area contributed by atoms with E-state index in [1.54, 1.807) is 12.1 Å². The number of hydrogen-bond acceptors (Lipinski definition) is 4. The van der Waals surface area contributed by atoms with Crippen molar-refractivity contribution in [2.24, 2.45) is 4.99 Å². The molecule has 0 saturated carbocycles. The van der Waals surface area contributed by atoms with Gasteiger partial charge in [0.25, 0.3) is 0 Å². The predicted molar refractivity (Wildman–Crippen MR) is 101 cm³/mol. The quantitative estimate of drug-likeness (QED) is 0.387. The van der Waals surface area contributed by atoms with Gasteiger partial charge in [-0.25, -0.2) is 8.42 Å². The van der Waals surface area contributed by atoms with Crippen molar-refractivity contribution in [3.8, 4) is 5.75 Å². The first kappa shape index (κ1) is 21.2. The molecule has 0 aliphatic rings. The van der Waals surface area contributed by atoms with Gasteiger partial charge in [-0.3, -0.25) is 4.99 Å². The summed E-state index contributed by atoms with van der Waals surface area (Å²) in [7, 11) is -3.04. The first-order valence-electron chi connectivity index (χ1n) is 7.20. The van der Waals surface area contributed by atoms with Gasteiger partial charge in [-0.2, -0.15) is 0 Å². The fourth-order valence-corrected chi connectivity index (χ4v) is 3.00. The highest BCUT2D eigenvalue weighted by Crippen LogP contribution is 2.35. The molecule has 0 bridgehead atoms. The number of nitrogens with zero attached hydrogens (tertiary/aromatic N) is 1. The normalized spacial score (nSPS) is 12.1. The molecule has 0 saturated heterocycles. The number of benzene rings is 1. The highest BCUT2D eigenvalue weighted by molar-refractivity contribution is 7.90. The SMILES string of the molecule is CCNC(=NCCS(C)(=O)=O)NCCOc1c(Cl)cc(Cl)cc1Cl. The summed E-state index contributed by atoms with van der Waals surface area (Å²) in [5.74, 6) is 0.873. The summed E-state index contributed by atoms with van der Waals surface area (Å²) < 4.78 is 27.8. The van der Waals surface area contributed by atoms with Crippen LogP contribution in [0.3, 0.4) is 0 Å². The molecule has 0 heterocycles. The van der Waals surface area contributed by atoms with Gasteiger partial charge in [0.15, 0.2) is 11.7 Å². The van der Waals surface area contributed by atoms with Crippen molar-refractivity contribution < 1.29 is 13.2 Å². The van der Waals surface area contributed by atoms with Crippen LogP contribution in [0.25, 0.3) is 0 Å². The maximum Gasteiger partial charge on any atom is 0.191 e. The lowest BCUT2D eigenvalue weighted by Gasteiger charge is -2.13. The maximum atomic E-state index is 11.1. The molecule has 24 heavy (non-hydrogen) atoms. The van der Waals surface area contributed by atoms with E-state index in [1.165, 1.54) is 6.26 Å². The van der Waals surface area contributed by atoms with Gasteiger partial charge < -0.3 is 15.4 Å². The van der Waals surface area contributed by atoms with Crippen molar-refractivity contribution in [1.82, 2.24) is 10.6 Å². The third-order valence-corrected chi connectivity index (χ3v) is 4.38. The van der Waals surface area contributed by atoms with Gasteiger partial charge in [0.05, 0.1) is 28.9 Å². The number of hydrogen-bond donors (Lipinski definition) is 2. The van der Waals surface area contributed by atoms with Crippen LogP contribution in [0.2, 0.25) is 15.1 Å². The van der Waals surface area contributed by atoms with Crippen LogP contribution in [0, 0.1) is 0 Å². The average molecular weight is 417 g/mol. The molecule has 0 fully saturated rings. The maximum absolute atomic E-state index is 11.1. The minimum absolute atomic E-state index is 0.00390. The van der Waals surface area contributed by atoms with Crippen molar-refractivity contribution in [2.75, 3.05) is 38.2 Å². The van der Waals surface area contributed by atoms with E-state index in [4.69, 9.17) is 39.5 Å². The topological polar surface area (TPSA) is 79.8 Å². The molecule has 0 radical (unpaired) electrons. The van der Waals surface area contributed by atoms with Gasteiger partial charge in [0.2, 0.25) is 0 Å². The molecular weight excluding hydrogens is 397 g/mol. The number of nitrogens with one attached hydrogen (secondary N) is 2. The summed E-state index contributed by atoms with van der Waals surface area (Å²) in [6, 6.07) is 3.10. The summed E-state index contributed by atoms with van der Waals surface area (Å²) in [6.07, 6.45) is 1.18. The smallest absolute Gasteiger partial charge is 0.191 e. The highest BCUT2D eigenvalue weighted by Gasteiger charge is 2.09. The van der Waals surface area contributed by atoms with Crippen LogP contribution in [0.15, 0.2) is 17.1 Å². The fraction of sp³-hybridized carbons (Fsp3) is 0.500. The Bertz CT molecular complexity index is 658. The van der Waals surface area contributed by atoms with Gasteiger partial charge >= 0.3 is 0 Å². The Labute approximate surface area is 157 Å². The van der Waals surface area contributed by atoms with E-state index in [1.807, 2.05) is 6.92 Å². The van der Waals surface area contributed by atoms with Crippen LogP contribution in [0.4, 0.5) is 0 Å². The Kier molecular flexibility index (Phi) is 8.97. The van der Waals surface area contributed by atoms with E-state index in [2.05, 4.69) is 15.6 Å². The Morgan fingerprint density at radius 2 is 1.83 bits per heavy atom. The van der Waals surface area contributed by atoms with Crippen molar-refractivity contribution in [1.29, 1.82) is 0 Å². The first-order chi connectivity index (χ1) is 11.2. The second-order valence-electron chi connectivity index (χ2n) is 4.86. The molecule has 0 aliphatic carbocycles. The molecule has 2 N–H and O–H groups in total. The summed E-state index contributed by atoms with van der Waals surface area (Å²) in [6.45, 7) is 3.47. The summed E-state index contributed by atoms with van der Waals surface area (Å²) in [5, 5.41) is 7.15. The molecule has 0 spiro atoms. The Hall–Kier alpha value is -0.890. The predicted octanol–water partition coefficient (Wildman–Crippen LogP) is 2.63. The van der Waals surface area contributed by atoms with Crippen LogP contribution in [0.5, 0.6) is 5.75 Å². The minimum atomic E-state index is -3.04. The highest BCUT2D eigenvalue weighted by atomic mass is 35.5. The number of rotatable bonds is 8. The van der Waals surface area contributed by atoms with Crippen LogP contribution in [-0.4, -0.2) is 52.6 Å². The largest absolute Gasteiger partial charge is 0.489 e. The molecule has 0 atom stereocenters. The van der Waals surface area contributed by atoms with Gasteiger partial charge in [-0.05, 0) is 19.1 Å². The van der Waals surface area contributed by atoms with E-state index in [-0.39, 0.29) is 18.9 Å². The molecule has 6 nitrogen and oxygen atoms in total. The van der Waals surface area contributed by atoms with E-state index in [0.717, 1.165) is 0 Å². The van der Waals surface area contributed by atoms with Crippen molar-refractivity contribution in [3.05, 3.63) is 27.2 Å². The zero-order valence-electron chi connectivity index (χ0n) is 13.4. The zero-order chi connectivity index (χ0) is 18.2. The minimum Gasteiger partial charge on any atom is -0.489 e. The lowest BCUT2D eigenvalue weighted by atomic mass is 10.3. The molecule has 0 amide bonds. The second kappa shape index (κ2) is 10.2. The van der Waals surface area contributed by atoms with Gasteiger partial charge in [0, 0.05) is 17.8 Å². The van der Waals surface area contributed by atoms with Crippen molar-refractivity contribution >= 4 is 50.6 Å². The lowest BCUT2D eigenvalue weighted by Crippen LogP contribution is -2.39. The number of ether oxygens (including phenoxy) is 1. The molecule has 10 heteroatoms. The molecule has 0 aliphatic heterocycles. The van der Waals surface area contributed by atoms with Crippen LogP contribution < -0.4 is 15.4 Å². The fourth-order valence-electron chi connectivity index (χ4n) is 1.65. The van der Waals surface area contributed by atoms with Gasteiger partial charge in [-0.15, -0.1) is 0 Å². The Morgan fingerprint density at radius 1 is 1.21 bits per heavy atom. The summed E-state index contributed by atoms with van der Waals surface area (Å²) in [4.78, 5) is 4.18. The molecule has 1 rings (SSSR count). The zero-order valence-corrected chi connectivity index (χ0v) is 16.5. The van der Waals surface area contributed by atoms with Crippen LogP contribution in [0.1, 0.15) is 6.92 Å². The number of guanidine groups is 1. The molecule has 136 valence electrons. The van der Waals surface area contributed by atoms with E-state index < -0.39 is 9.84 Å². The first-order valence-corrected chi connectivity index (χ1v) is 10.4. The summed E-state index contributed by atoms with van der Waals surface area (Å²) >= 11 is 17.9. The van der Waals surface area contributed by atoms with Gasteiger partial charge in [-0.1, -0.05) is 34.8 Å². The van der Waals surface area contributed by atoms with Crippen molar-refractivity contribution in [2.45, 2.75) is 6.92 Å². The monoisotopic (exact) mass is 415 g/mol. The van der Waals surface area contributed by atoms with Crippen LogP contribution in [-0.2, 0) is 9.84 Å². The van der Waals surface area contributed by atoms with E-state index in [9.17, 15) is 8.42 Å². The Morgan fingerprint density at radius 3 is 2.38 bits per heavy atom. The summed E-state index contributed by atoms with van der Waals surface area (Å²) in [5.41, 5.74) is 0. The number of sulfone groups is 1. The molecular formula is C14H20Cl3N3O3S. The lowest BCUT2D eigenvalue weighted by molar-refractivity contribution is 0.322. The Balaban J connectivity index is 2.50. The van der Waals surface area contributed by atoms with Gasteiger partial charge in [0.1, 0.15) is 16.4 Å². The van der Waals surface area contributed by atoms with Crippen LogP contribution >= 0.6 is 34.8 Å². The molecule has 0 aromatic heterocycles. The van der Waals surface area contributed by atoms with E-state index in [0.29, 0.717) is 39.9 Å². The molecule has 1 aromatic rings. The third kappa shape index (κ3) is 8.28. The second-order valence-corrected chi connectivity index (χ2v) is 8.37. The number of aliphatic imine (C=N–C) groups is 1. The van der Waals surface area contributed by atoms with E-state index >= 15 is 0 Å². The average Bonchev–Trinajstić information content (AvgIpc) is 2.44. The van der Waals surface area contributed by atoms with Crippen molar-refractivity contribution in [3.63, 3.8) is 0 Å². The molecule has 0 unspecified atom stereocenters. The third-order valence-electron chi connectivity index (χ3n) is 2.68.